The quantitative estimate of drug-likeness (QED) is 0.916. The molecular weight excluding hydrogens is 250 g/mol. The van der Waals surface area contributed by atoms with Crippen molar-refractivity contribution in [2.75, 3.05) is 19.6 Å². The first kappa shape index (κ1) is 15.0. The first-order chi connectivity index (χ1) is 9.65. The van der Waals surface area contributed by atoms with Gasteiger partial charge < -0.3 is 10.2 Å². The zero-order valence-corrected chi connectivity index (χ0v) is 12.7. The molecule has 1 aliphatic heterocycles. The Bertz CT molecular complexity index is 461. The van der Waals surface area contributed by atoms with Gasteiger partial charge in [-0.1, -0.05) is 20.3 Å². The fraction of sp³-hybridized carbons (Fsp3) is 0.625. The molecule has 2 atom stereocenters. The molecule has 20 heavy (non-hydrogen) atoms. The first-order valence-electron chi connectivity index (χ1n) is 7.61. The first-order valence-corrected chi connectivity index (χ1v) is 7.61. The molecule has 1 aliphatic rings. The average Bonchev–Trinajstić information content (AvgIpc) is 2.47. The van der Waals surface area contributed by atoms with E-state index in [-0.39, 0.29) is 5.91 Å². The minimum absolute atomic E-state index is 0.142. The number of nitrogens with zero attached hydrogens (tertiary/aromatic N) is 2. The van der Waals surface area contributed by atoms with Crippen LogP contribution in [0, 0.1) is 12.8 Å². The maximum Gasteiger partial charge on any atom is 0.253 e. The van der Waals surface area contributed by atoms with Gasteiger partial charge in [0.15, 0.2) is 0 Å². The maximum atomic E-state index is 12.6. The number of hydrogen-bond acceptors (Lipinski definition) is 3. The van der Waals surface area contributed by atoms with Gasteiger partial charge >= 0.3 is 0 Å². The van der Waals surface area contributed by atoms with Crippen LogP contribution in [0.3, 0.4) is 0 Å². The lowest BCUT2D eigenvalue weighted by atomic mass is 9.89. The number of hydrogen-bond donors (Lipinski definition) is 1. The maximum absolute atomic E-state index is 12.6. The molecular formula is C16H25N3O. The van der Waals surface area contributed by atoms with Gasteiger partial charge in [0.2, 0.25) is 0 Å². The molecule has 4 nitrogen and oxygen atoms in total. The highest BCUT2D eigenvalue weighted by Gasteiger charge is 2.30. The van der Waals surface area contributed by atoms with E-state index in [1.807, 2.05) is 24.0 Å². The fourth-order valence-corrected chi connectivity index (χ4v) is 3.02. The summed E-state index contributed by atoms with van der Waals surface area (Å²) < 4.78 is 0. The van der Waals surface area contributed by atoms with Crippen molar-refractivity contribution >= 4 is 5.91 Å². The Kier molecular flexibility index (Phi) is 5.12. The van der Waals surface area contributed by atoms with E-state index in [2.05, 4.69) is 24.1 Å². The molecule has 2 rings (SSSR count). The van der Waals surface area contributed by atoms with E-state index in [1.54, 1.807) is 6.20 Å². The summed E-state index contributed by atoms with van der Waals surface area (Å²) in [5, 5.41) is 3.55. The van der Waals surface area contributed by atoms with Gasteiger partial charge in [-0.15, -0.1) is 0 Å². The van der Waals surface area contributed by atoms with Gasteiger partial charge in [-0.25, -0.2) is 0 Å². The summed E-state index contributed by atoms with van der Waals surface area (Å²) in [6, 6.07) is 4.24. The van der Waals surface area contributed by atoms with E-state index < -0.39 is 0 Å². The number of aryl methyl sites for hydroxylation is 1. The van der Waals surface area contributed by atoms with Crippen molar-refractivity contribution in [3.05, 3.63) is 29.6 Å². The number of piperidine rings is 1. The van der Waals surface area contributed by atoms with Crippen molar-refractivity contribution in [1.29, 1.82) is 0 Å². The smallest absolute Gasteiger partial charge is 0.253 e. The summed E-state index contributed by atoms with van der Waals surface area (Å²) in [5.41, 5.74) is 1.65. The third-order valence-electron chi connectivity index (χ3n) is 4.16. The highest BCUT2D eigenvalue weighted by Crippen LogP contribution is 2.21. The fourth-order valence-electron chi connectivity index (χ4n) is 3.02. The second-order valence-corrected chi connectivity index (χ2v) is 5.56. The highest BCUT2D eigenvalue weighted by molar-refractivity contribution is 5.94. The van der Waals surface area contributed by atoms with E-state index in [4.69, 9.17) is 0 Å². The predicted octanol–water partition coefficient (Wildman–Crippen LogP) is 2.24. The molecule has 0 aromatic carbocycles. The number of amides is 1. The third-order valence-corrected chi connectivity index (χ3v) is 4.16. The number of carbonyl (C=O) groups is 1. The Morgan fingerprint density at radius 2 is 2.30 bits per heavy atom. The number of rotatable bonds is 4. The molecule has 0 saturated carbocycles. The molecule has 1 N–H and O–H groups in total. The topological polar surface area (TPSA) is 45.2 Å². The monoisotopic (exact) mass is 275 g/mol. The number of likely N-dealkylation sites (tertiary alicyclic amines) is 1. The zero-order chi connectivity index (χ0) is 14.5. The lowest BCUT2D eigenvalue weighted by Gasteiger charge is -2.38. The molecule has 1 aromatic rings. The van der Waals surface area contributed by atoms with Crippen molar-refractivity contribution in [2.24, 2.45) is 5.92 Å². The molecule has 1 saturated heterocycles. The lowest BCUT2D eigenvalue weighted by Crippen LogP contribution is -2.50. The molecule has 110 valence electrons. The number of nitrogens with one attached hydrogen (secondary N) is 1. The second-order valence-electron chi connectivity index (χ2n) is 5.56. The van der Waals surface area contributed by atoms with Gasteiger partial charge in [-0.05, 0) is 37.9 Å². The van der Waals surface area contributed by atoms with E-state index in [9.17, 15) is 4.79 Å². The summed E-state index contributed by atoms with van der Waals surface area (Å²) in [6.45, 7) is 8.97. The molecule has 1 fully saturated rings. The minimum atomic E-state index is 0.142. The van der Waals surface area contributed by atoms with Crippen LogP contribution in [0.5, 0.6) is 0 Å². The molecule has 0 radical (unpaired) electrons. The van der Waals surface area contributed by atoms with E-state index in [1.165, 1.54) is 0 Å². The van der Waals surface area contributed by atoms with Gasteiger partial charge in [0, 0.05) is 36.6 Å². The number of aromatic nitrogens is 1. The van der Waals surface area contributed by atoms with Gasteiger partial charge in [-0.2, -0.15) is 0 Å². The third kappa shape index (κ3) is 3.37. The van der Waals surface area contributed by atoms with Crippen LogP contribution in [0.1, 0.15) is 42.7 Å². The summed E-state index contributed by atoms with van der Waals surface area (Å²) in [7, 11) is 0. The number of pyridine rings is 1. The van der Waals surface area contributed by atoms with Crippen molar-refractivity contribution in [1.82, 2.24) is 15.2 Å². The van der Waals surface area contributed by atoms with Crippen molar-refractivity contribution < 1.29 is 4.79 Å². The molecule has 1 aromatic heterocycles. The van der Waals surface area contributed by atoms with E-state index in [0.717, 1.165) is 43.7 Å². The Hall–Kier alpha value is -1.42. The molecule has 2 heterocycles. The second kappa shape index (κ2) is 6.84. The van der Waals surface area contributed by atoms with E-state index in [0.29, 0.717) is 12.0 Å². The normalized spacial score (nSPS) is 22.9. The van der Waals surface area contributed by atoms with Crippen molar-refractivity contribution in [2.45, 2.75) is 39.7 Å². The van der Waals surface area contributed by atoms with Crippen molar-refractivity contribution in [3.63, 3.8) is 0 Å². The Balaban J connectivity index is 2.05. The molecule has 0 aliphatic carbocycles. The van der Waals surface area contributed by atoms with Crippen LogP contribution in [-0.2, 0) is 0 Å². The molecule has 1 amide bonds. The SMILES string of the molecule is CCNC1CCN(C(=O)c2ccnc(C)c2)CC1CC. The van der Waals surface area contributed by atoms with Gasteiger partial charge in [0.25, 0.3) is 5.91 Å². The van der Waals surface area contributed by atoms with E-state index >= 15 is 0 Å². The van der Waals surface area contributed by atoms with Crippen LogP contribution in [-0.4, -0.2) is 41.5 Å². The van der Waals surface area contributed by atoms with Gasteiger partial charge in [0.05, 0.1) is 0 Å². The number of carbonyl (C=O) groups excluding carboxylic acids is 1. The molecule has 0 bridgehead atoms. The highest BCUT2D eigenvalue weighted by atomic mass is 16.2. The summed E-state index contributed by atoms with van der Waals surface area (Å²) in [6.07, 6.45) is 3.87. The van der Waals surface area contributed by atoms with Crippen LogP contribution in [0.15, 0.2) is 18.3 Å². The summed E-state index contributed by atoms with van der Waals surface area (Å²) in [4.78, 5) is 18.7. The summed E-state index contributed by atoms with van der Waals surface area (Å²) in [5.74, 6) is 0.694. The molecule has 2 unspecified atom stereocenters. The lowest BCUT2D eigenvalue weighted by molar-refractivity contribution is 0.0628. The van der Waals surface area contributed by atoms with Gasteiger partial charge in [0.1, 0.15) is 0 Å². The summed E-state index contributed by atoms with van der Waals surface area (Å²) >= 11 is 0. The standard InChI is InChI=1S/C16H25N3O/c1-4-13-11-19(9-7-15(13)17-5-2)16(20)14-6-8-18-12(3)10-14/h6,8,10,13,15,17H,4-5,7,9,11H2,1-3H3. The average molecular weight is 275 g/mol. The Labute approximate surface area is 121 Å². The van der Waals surface area contributed by atoms with Crippen LogP contribution < -0.4 is 5.32 Å². The Morgan fingerprint density at radius 3 is 2.95 bits per heavy atom. The largest absolute Gasteiger partial charge is 0.338 e. The van der Waals surface area contributed by atoms with Crippen LogP contribution in [0.2, 0.25) is 0 Å². The minimum Gasteiger partial charge on any atom is -0.338 e. The molecule has 0 spiro atoms. The predicted molar refractivity (Wildman–Crippen MR) is 80.7 cm³/mol. The van der Waals surface area contributed by atoms with Crippen LogP contribution in [0.25, 0.3) is 0 Å². The van der Waals surface area contributed by atoms with Crippen molar-refractivity contribution in [3.8, 4) is 0 Å². The van der Waals surface area contributed by atoms with Gasteiger partial charge in [-0.3, -0.25) is 9.78 Å². The van der Waals surface area contributed by atoms with Crippen LogP contribution >= 0.6 is 0 Å². The van der Waals surface area contributed by atoms with Crippen LogP contribution in [0.4, 0.5) is 0 Å². The Morgan fingerprint density at radius 1 is 1.50 bits per heavy atom. The zero-order valence-electron chi connectivity index (χ0n) is 12.7. The molecule has 4 heteroatoms.